The number of rotatable bonds is 6. The minimum atomic E-state index is 0. The van der Waals surface area contributed by atoms with Crippen LogP contribution in [0.25, 0.3) is 12.2 Å². The van der Waals surface area contributed by atoms with Crippen molar-refractivity contribution in [2.45, 2.75) is 63.2 Å². The molecule has 0 radical (unpaired) electrons. The maximum atomic E-state index is 2.39. The fourth-order valence-electron chi connectivity index (χ4n) is 6.33. The standard InChI is InChI=1S/2C18H19.2ClH.Zr/c2*1-3-18(2,15-9-5-6-10-15)17-13-12-14-8-4-7-11-16(14)17;;;/h2*4-13,17H,3H2,1-2H3;2*1H;/q2*-1;;;+4/p-2. The molecule has 200 valence electrons. The molecule has 0 saturated heterocycles. The van der Waals surface area contributed by atoms with Crippen LogP contribution in [0.3, 0.4) is 0 Å². The molecule has 0 aliphatic heterocycles. The second-order valence-electron chi connectivity index (χ2n) is 10.8. The summed E-state index contributed by atoms with van der Waals surface area (Å²) >= 11 is 0. The maximum Gasteiger partial charge on any atom is 4.00 e. The Labute approximate surface area is 267 Å². The third kappa shape index (κ3) is 6.22. The van der Waals surface area contributed by atoms with Crippen molar-refractivity contribution in [3.05, 3.63) is 143 Å². The Morgan fingerprint density at radius 3 is 1.23 bits per heavy atom. The molecular formula is C36H38Cl2Zr. The van der Waals surface area contributed by atoms with Gasteiger partial charge in [0, 0.05) is 11.8 Å². The Kier molecular flexibility index (Phi) is 12.1. The van der Waals surface area contributed by atoms with Crippen LogP contribution in [-0.2, 0) is 37.0 Å². The molecule has 0 fully saturated rings. The van der Waals surface area contributed by atoms with Gasteiger partial charge in [-0.1, -0.05) is 113 Å². The molecular weight excluding hydrogens is 595 g/mol. The molecule has 4 atom stereocenters. The normalized spacial score (nSPS) is 19.1. The van der Waals surface area contributed by atoms with Crippen LogP contribution in [0.5, 0.6) is 0 Å². The Morgan fingerprint density at radius 2 is 0.897 bits per heavy atom. The second kappa shape index (κ2) is 14.1. The van der Waals surface area contributed by atoms with E-state index in [0.717, 1.165) is 12.8 Å². The molecule has 4 unspecified atom stereocenters. The van der Waals surface area contributed by atoms with Crippen LogP contribution < -0.4 is 24.8 Å². The van der Waals surface area contributed by atoms with Crippen LogP contribution in [0.2, 0.25) is 0 Å². The van der Waals surface area contributed by atoms with Gasteiger partial charge in [-0.25, -0.2) is 24.3 Å². The zero-order chi connectivity index (χ0) is 25.2. The van der Waals surface area contributed by atoms with Crippen molar-refractivity contribution in [1.82, 2.24) is 0 Å². The number of halogens is 2. The van der Waals surface area contributed by atoms with Gasteiger partial charge in [0.05, 0.1) is 0 Å². The van der Waals surface area contributed by atoms with Crippen molar-refractivity contribution < 1.29 is 51.0 Å². The first kappa shape index (κ1) is 33.3. The number of hydrogen-bond donors (Lipinski definition) is 0. The van der Waals surface area contributed by atoms with E-state index in [1.165, 1.54) is 33.4 Å². The molecule has 0 saturated carbocycles. The zero-order valence-electron chi connectivity index (χ0n) is 23.4. The van der Waals surface area contributed by atoms with Crippen LogP contribution in [0.4, 0.5) is 0 Å². The third-order valence-electron chi connectivity index (χ3n) is 9.08. The molecule has 2 aliphatic carbocycles. The second-order valence-corrected chi connectivity index (χ2v) is 10.8. The molecule has 6 rings (SSSR count). The molecule has 0 N–H and O–H groups in total. The predicted molar refractivity (Wildman–Crippen MR) is 156 cm³/mol. The summed E-state index contributed by atoms with van der Waals surface area (Å²) in [6.07, 6.45) is 11.6. The van der Waals surface area contributed by atoms with Crippen LogP contribution >= 0.6 is 0 Å². The number of fused-ring (bicyclic) bond motifs is 2. The number of benzene rings is 2. The van der Waals surface area contributed by atoms with E-state index in [1.807, 2.05) is 0 Å². The van der Waals surface area contributed by atoms with Gasteiger partial charge in [-0.05, 0) is 33.1 Å². The first-order valence-corrected chi connectivity index (χ1v) is 13.5. The summed E-state index contributed by atoms with van der Waals surface area (Å²) in [5.41, 5.74) is 9.03. The fourth-order valence-corrected chi connectivity index (χ4v) is 6.33. The third-order valence-corrected chi connectivity index (χ3v) is 9.08. The van der Waals surface area contributed by atoms with Gasteiger partial charge in [0.15, 0.2) is 0 Å². The summed E-state index contributed by atoms with van der Waals surface area (Å²) in [7, 11) is 0. The monoisotopic (exact) mass is 630 g/mol. The molecule has 3 heteroatoms. The van der Waals surface area contributed by atoms with E-state index in [4.69, 9.17) is 0 Å². The van der Waals surface area contributed by atoms with Gasteiger partial charge in [0.1, 0.15) is 0 Å². The average Bonchev–Trinajstić information content (AvgIpc) is 3.74. The van der Waals surface area contributed by atoms with E-state index in [9.17, 15) is 0 Å². The summed E-state index contributed by atoms with van der Waals surface area (Å²) in [6, 6.07) is 35.2. The SMILES string of the molecule is CCC(C)([c-]1cccc1)C1C=Cc2ccccc21.CCC(C)([c-]1cccc1)C1C=Cc2ccccc21.[Cl-].[Cl-].[Zr+4]. The summed E-state index contributed by atoms with van der Waals surface area (Å²) in [4.78, 5) is 0. The molecule has 0 nitrogen and oxygen atoms in total. The van der Waals surface area contributed by atoms with Crippen molar-refractivity contribution in [3.8, 4) is 0 Å². The van der Waals surface area contributed by atoms with Gasteiger partial charge in [-0.2, -0.15) is 35.4 Å². The summed E-state index contributed by atoms with van der Waals surface area (Å²) in [5, 5.41) is 0. The van der Waals surface area contributed by atoms with Crippen molar-refractivity contribution in [1.29, 1.82) is 0 Å². The topological polar surface area (TPSA) is 0 Å². The molecule has 0 heterocycles. The smallest absolute Gasteiger partial charge is 1.00 e. The van der Waals surface area contributed by atoms with E-state index in [-0.39, 0.29) is 61.8 Å². The van der Waals surface area contributed by atoms with E-state index < -0.39 is 0 Å². The molecule has 2 aliphatic rings. The molecule has 0 spiro atoms. The molecule has 39 heavy (non-hydrogen) atoms. The first-order valence-electron chi connectivity index (χ1n) is 13.5. The summed E-state index contributed by atoms with van der Waals surface area (Å²) < 4.78 is 0. The minimum absolute atomic E-state index is 0. The Bertz CT molecular complexity index is 1240. The van der Waals surface area contributed by atoms with E-state index in [1.54, 1.807) is 0 Å². The average molecular weight is 633 g/mol. The van der Waals surface area contributed by atoms with Crippen molar-refractivity contribution >= 4 is 12.2 Å². The van der Waals surface area contributed by atoms with E-state index >= 15 is 0 Å². The quantitative estimate of drug-likeness (QED) is 0.284. The maximum absolute atomic E-state index is 2.39. The Balaban J connectivity index is 0.000000254. The number of allylic oxidation sites excluding steroid dienone is 2. The van der Waals surface area contributed by atoms with Gasteiger partial charge >= 0.3 is 26.2 Å². The van der Waals surface area contributed by atoms with Gasteiger partial charge in [-0.3, -0.25) is 0 Å². The van der Waals surface area contributed by atoms with E-state index in [2.05, 4.69) is 149 Å². The van der Waals surface area contributed by atoms with Crippen LogP contribution in [0.1, 0.15) is 85.8 Å². The summed E-state index contributed by atoms with van der Waals surface area (Å²) in [6.45, 7) is 9.36. The molecule has 0 aromatic heterocycles. The minimum Gasteiger partial charge on any atom is -1.00 e. The van der Waals surface area contributed by atoms with Crippen molar-refractivity contribution in [2.24, 2.45) is 0 Å². The van der Waals surface area contributed by atoms with Gasteiger partial charge in [0.25, 0.3) is 0 Å². The van der Waals surface area contributed by atoms with Gasteiger partial charge < -0.3 is 24.8 Å². The van der Waals surface area contributed by atoms with Crippen LogP contribution in [0, 0.1) is 0 Å². The predicted octanol–water partition coefficient (Wildman–Crippen LogP) is 3.77. The van der Waals surface area contributed by atoms with Crippen LogP contribution in [-0.4, -0.2) is 0 Å². The molecule has 0 amide bonds. The van der Waals surface area contributed by atoms with E-state index in [0.29, 0.717) is 11.8 Å². The Morgan fingerprint density at radius 1 is 0.564 bits per heavy atom. The zero-order valence-corrected chi connectivity index (χ0v) is 27.3. The fraction of sp³-hybridized carbons (Fsp3) is 0.278. The largest absolute Gasteiger partial charge is 4.00 e. The molecule has 0 bridgehead atoms. The molecule has 4 aromatic carbocycles. The first-order chi connectivity index (χ1) is 17.5. The summed E-state index contributed by atoms with van der Waals surface area (Å²) in [5.74, 6) is 1.00. The molecule has 4 aromatic rings. The van der Waals surface area contributed by atoms with Gasteiger partial charge in [0.2, 0.25) is 0 Å². The van der Waals surface area contributed by atoms with Gasteiger partial charge in [-0.15, -0.1) is 0 Å². The number of hydrogen-bond acceptors (Lipinski definition) is 0. The van der Waals surface area contributed by atoms with Crippen LogP contribution in [0.15, 0.2) is 109 Å². The van der Waals surface area contributed by atoms with Crippen molar-refractivity contribution in [3.63, 3.8) is 0 Å². The Hall–Kier alpha value is -1.92. The van der Waals surface area contributed by atoms with Crippen molar-refractivity contribution in [2.75, 3.05) is 0 Å².